The Hall–Kier alpha value is -1.95. The second kappa shape index (κ2) is 8.24. The summed E-state index contributed by atoms with van der Waals surface area (Å²) in [6.07, 6.45) is 1.71. The van der Waals surface area contributed by atoms with Crippen molar-refractivity contribution in [3.05, 3.63) is 39.9 Å². The first-order valence-corrected chi connectivity index (χ1v) is 8.75. The van der Waals surface area contributed by atoms with Gasteiger partial charge in [0.15, 0.2) is 0 Å². The second-order valence-corrected chi connectivity index (χ2v) is 6.35. The molecule has 0 aromatic heterocycles. The van der Waals surface area contributed by atoms with E-state index in [0.717, 1.165) is 44.6 Å². The van der Waals surface area contributed by atoms with Gasteiger partial charge in [-0.2, -0.15) is 0 Å². The van der Waals surface area contributed by atoms with Crippen LogP contribution in [-0.4, -0.2) is 46.8 Å². The van der Waals surface area contributed by atoms with Crippen molar-refractivity contribution in [1.82, 2.24) is 9.80 Å². The van der Waals surface area contributed by atoms with Crippen LogP contribution >= 0.6 is 0 Å². The third kappa shape index (κ3) is 4.12. The minimum Gasteiger partial charge on any atom is -0.343 e. The van der Waals surface area contributed by atoms with E-state index in [1.807, 2.05) is 24.8 Å². The molecule has 1 aromatic rings. The summed E-state index contributed by atoms with van der Waals surface area (Å²) in [6.45, 7) is 9.33. The summed E-state index contributed by atoms with van der Waals surface area (Å²) in [5.41, 5.74) is 1.09. The van der Waals surface area contributed by atoms with E-state index in [0.29, 0.717) is 0 Å². The molecule has 132 valence electrons. The van der Waals surface area contributed by atoms with E-state index in [-0.39, 0.29) is 28.5 Å². The van der Waals surface area contributed by atoms with E-state index < -0.39 is 0 Å². The van der Waals surface area contributed by atoms with Crippen LogP contribution in [0.15, 0.2) is 24.3 Å². The minimum absolute atomic E-state index is 0.110. The van der Waals surface area contributed by atoms with Gasteiger partial charge in [-0.3, -0.25) is 19.8 Å². The molecule has 1 aliphatic heterocycles. The van der Waals surface area contributed by atoms with Gasteiger partial charge in [-0.15, -0.1) is 0 Å². The fraction of sp³-hybridized carbons (Fsp3) is 0.611. The molecule has 1 heterocycles. The third-order valence-corrected chi connectivity index (χ3v) is 5.07. The van der Waals surface area contributed by atoms with Crippen molar-refractivity contribution in [3.63, 3.8) is 0 Å². The largest absolute Gasteiger partial charge is 0.343 e. The number of carbonyl (C=O) groups excluding carboxylic acids is 1. The van der Waals surface area contributed by atoms with Crippen molar-refractivity contribution in [2.75, 3.05) is 26.2 Å². The van der Waals surface area contributed by atoms with Crippen LogP contribution in [0, 0.1) is 16.0 Å². The summed E-state index contributed by atoms with van der Waals surface area (Å²) >= 11 is 0. The van der Waals surface area contributed by atoms with Crippen LogP contribution in [0.5, 0.6) is 0 Å². The number of hydrogen-bond donors (Lipinski definition) is 0. The summed E-state index contributed by atoms with van der Waals surface area (Å²) < 4.78 is 0. The molecule has 24 heavy (non-hydrogen) atoms. The van der Waals surface area contributed by atoms with Crippen LogP contribution in [0.2, 0.25) is 0 Å². The summed E-state index contributed by atoms with van der Waals surface area (Å²) in [7, 11) is 0. The van der Waals surface area contributed by atoms with Crippen LogP contribution in [-0.2, 0) is 4.79 Å². The summed E-state index contributed by atoms with van der Waals surface area (Å²) in [4.78, 5) is 27.3. The van der Waals surface area contributed by atoms with Gasteiger partial charge in [-0.05, 0) is 52.3 Å². The molecular formula is C18H27N3O3. The molecule has 0 bridgehead atoms. The maximum atomic E-state index is 12.5. The zero-order chi connectivity index (χ0) is 17.7. The van der Waals surface area contributed by atoms with E-state index in [1.54, 1.807) is 12.1 Å². The Morgan fingerprint density at radius 1 is 1.33 bits per heavy atom. The maximum absolute atomic E-state index is 12.5. The molecule has 1 aromatic carbocycles. The fourth-order valence-electron chi connectivity index (χ4n) is 3.44. The van der Waals surface area contributed by atoms with Gasteiger partial charge in [0.05, 0.1) is 4.92 Å². The number of carbonyl (C=O) groups is 1. The zero-order valence-electron chi connectivity index (χ0n) is 14.8. The molecule has 0 aliphatic carbocycles. The highest BCUT2D eigenvalue weighted by Gasteiger charge is 2.29. The maximum Gasteiger partial charge on any atom is 0.269 e. The lowest BCUT2D eigenvalue weighted by Crippen LogP contribution is -2.43. The molecule has 2 rings (SSSR count). The normalized spacial score (nSPS) is 17.5. The number of non-ortho nitro benzene ring substituents is 1. The Bertz CT molecular complexity index is 579. The molecule has 1 saturated heterocycles. The first-order valence-electron chi connectivity index (χ1n) is 8.75. The Labute approximate surface area is 143 Å². The van der Waals surface area contributed by atoms with Crippen molar-refractivity contribution in [3.8, 4) is 0 Å². The minimum atomic E-state index is -0.356. The Kier molecular flexibility index (Phi) is 6.31. The molecule has 0 N–H and O–H groups in total. The number of nitrogens with zero attached hydrogens (tertiary/aromatic N) is 3. The number of nitro groups is 1. The van der Waals surface area contributed by atoms with Gasteiger partial charge in [-0.25, -0.2) is 0 Å². The summed E-state index contributed by atoms with van der Waals surface area (Å²) in [5, 5.41) is 10.9. The number of nitro benzene ring substituents is 1. The summed E-state index contributed by atoms with van der Waals surface area (Å²) in [5.74, 6) is 0.376. The molecule has 6 nitrogen and oxygen atoms in total. The average Bonchev–Trinajstić information content (AvgIpc) is 2.62. The molecule has 0 saturated carbocycles. The van der Waals surface area contributed by atoms with Crippen molar-refractivity contribution in [2.24, 2.45) is 5.92 Å². The first kappa shape index (κ1) is 18.4. The molecule has 1 amide bonds. The van der Waals surface area contributed by atoms with E-state index in [2.05, 4.69) is 11.8 Å². The number of piperidine rings is 1. The van der Waals surface area contributed by atoms with Crippen LogP contribution < -0.4 is 0 Å². The smallest absolute Gasteiger partial charge is 0.269 e. The molecule has 6 heteroatoms. The Morgan fingerprint density at radius 3 is 2.50 bits per heavy atom. The quantitative estimate of drug-likeness (QED) is 0.592. The van der Waals surface area contributed by atoms with Crippen molar-refractivity contribution in [2.45, 2.75) is 39.7 Å². The van der Waals surface area contributed by atoms with Crippen LogP contribution in [0.4, 0.5) is 5.69 Å². The molecule has 1 atom stereocenters. The van der Waals surface area contributed by atoms with E-state index in [9.17, 15) is 14.9 Å². The van der Waals surface area contributed by atoms with Gasteiger partial charge in [0.1, 0.15) is 0 Å². The second-order valence-electron chi connectivity index (χ2n) is 6.35. The molecule has 0 radical (unpaired) electrons. The lowest BCUT2D eigenvalue weighted by molar-refractivity contribution is -0.385. The highest BCUT2D eigenvalue weighted by atomic mass is 16.6. The van der Waals surface area contributed by atoms with Gasteiger partial charge < -0.3 is 4.90 Å². The van der Waals surface area contributed by atoms with Gasteiger partial charge >= 0.3 is 0 Å². The van der Waals surface area contributed by atoms with Gasteiger partial charge in [0.25, 0.3) is 5.69 Å². The zero-order valence-corrected chi connectivity index (χ0v) is 14.8. The van der Waals surface area contributed by atoms with Gasteiger partial charge in [0, 0.05) is 37.2 Å². The SMILES string of the molecule is CCN(CC)C(=O)C1CCN(C(C)c2cccc([N+](=O)[O-])c2)CC1. The number of rotatable bonds is 6. The fourth-order valence-corrected chi connectivity index (χ4v) is 3.44. The summed E-state index contributed by atoms with van der Waals surface area (Å²) in [6, 6.07) is 6.96. The standard InChI is InChI=1S/C18H27N3O3/c1-4-19(5-2)18(22)15-9-11-20(12-10-15)14(3)16-7-6-8-17(13-16)21(23)24/h6-8,13-15H,4-5,9-12H2,1-3H3. The van der Waals surface area contributed by atoms with Crippen molar-refractivity contribution in [1.29, 1.82) is 0 Å². The predicted molar refractivity (Wildman–Crippen MR) is 93.7 cm³/mol. The number of benzene rings is 1. The third-order valence-electron chi connectivity index (χ3n) is 5.07. The van der Waals surface area contributed by atoms with Crippen LogP contribution in [0.3, 0.4) is 0 Å². The number of likely N-dealkylation sites (tertiary alicyclic amines) is 1. The molecule has 1 unspecified atom stereocenters. The topological polar surface area (TPSA) is 66.7 Å². The molecule has 1 aliphatic rings. The lowest BCUT2D eigenvalue weighted by Gasteiger charge is -2.37. The van der Waals surface area contributed by atoms with E-state index in [1.165, 1.54) is 6.07 Å². The molecular weight excluding hydrogens is 306 g/mol. The monoisotopic (exact) mass is 333 g/mol. The Balaban J connectivity index is 1.98. The number of amides is 1. The highest BCUT2D eigenvalue weighted by Crippen LogP contribution is 2.29. The van der Waals surface area contributed by atoms with Crippen molar-refractivity contribution >= 4 is 11.6 Å². The number of hydrogen-bond acceptors (Lipinski definition) is 4. The van der Waals surface area contributed by atoms with Crippen LogP contribution in [0.25, 0.3) is 0 Å². The van der Waals surface area contributed by atoms with Crippen LogP contribution in [0.1, 0.15) is 45.2 Å². The van der Waals surface area contributed by atoms with Gasteiger partial charge in [-0.1, -0.05) is 12.1 Å². The average molecular weight is 333 g/mol. The van der Waals surface area contributed by atoms with E-state index >= 15 is 0 Å². The van der Waals surface area contributed by atoms with Gasteiger partial charge in [0.2, 0.25) is 5.91 Å². The Morgan fingerprint density at radius 2 is 1.96 bits per heavy atom. The van der Waals surface area contributed by atoms with E-state index in [4.69, 9.17) is 0 Å². The highest BCUT2D eigenvalue weighted by molar-refractivity contribution is 5.78. The molecule has 0 spiro atoms. The van der Waals surface area contributed by atoms with Crippen molar-refractivity contribution < 1.29 is 9.72 Å². The lowest BCUT2D eigenvalue weighted by atomic mass is 9.93. The predicted octanol–water partition coefficient (Wildman–Crippen LogP) is 3.24. The molecule has 1 fully saturated rings. The first-order chi connectivity index (χ1) is 11.5.